The Bertz CT molecular complexity index is 645. The van der Waals surface area contributed by atoms with Crippen LogP contribution in [0.3, 0.4) is 0 Å². The van der Waals surface area contributed by atoms with Crippen LogP contribution in [-0.4, -0.2) is 21.1 Å². The summed E-state index contributed by atoms with van der Waals surface area (Å²) >= 11 is 0. The summed E-state index contributed by atoms with van der Waals surface area (Å²) in [6.07, 6.45) is 0.305. The van der Waals surface area contributed by atoms with Crippen molar-refractivity contribution >= 4 is 24.9 Å². The quantitative estimate of drug-likeness (QED) is 0.859. The number of para-hydroxylation sites is 1. The maximum absolute atomic E-state index is 12.2. The zero-order valence-corrected chi connectivity index (χ0v) is 14.6. The van der Waals surface area contributed by atoms with E-state index in [0.29, 0.717) is 6.42 Å². The Labute approximate surface area is 133 Å². The van der Waals surface area contributed by atoms with Gasteiger partial charge in [0.25, 0.3) is 0 Å². The van der Waals surface area contributed by atoms with Gasteiger partial charge >= 0.3 is 0 Å². The van der Waals surface area contributed by atoms with Crippen LogP contribution >= 0.6 is 0 Å². The van der Waals surface area contributed by atoms with Gasteiger partial charge in [0, 0.05) is 11.3 Å². The van der Waals surface area contributed by atoms with Crippen LogP contribution in [0.5, 0.6) is 5.75 Å². The van der Waals surface area contributed by atoms with E-state index in [9.17, 15) is 4.79 Å². The van der Waals surface area contributed by atoms with Gasteiger partial charge in [0.05, 0.1) is 21.6 Å². The van der Waals surface area contributed by atoms with E-state index in [2.05, 4.69) is 37.1 Å². The fraction of sp³-hybridized carbons (Fsp3) is 0.278. The van der Waals surface area contributed by atoms with Crippen LogP contribution in [0.1, 0.15) is 5.56 Å². The smallest absolute Gasteiger partial charge is 0.228 e. The average Bonchev–Trinajstić information content (AvgIpc) is 2.47. The summed E-state index contributed by atoms with van der Waals surface area (Å²) in [7, 11) is 0.318. The van der Waals surface area contributed by atoms with Gasteiger partial charge in [-0.2, -0.15) is 0 Å². The molecule has 2 aromatic rings. The number of benzene rings is 2. The first-order valence-electron chi connectivity index (χ1n) is 7.42. The molecule has 1 N–H and O–H groups in total. The highest BCUT2D eigenvalue weighted by Gasteiger charge is 2.16. The zero-order valence-electron chi connectivity index (χ0n) is 13.6. The lowest BCUT2D eigenvalue weighted by molar-refractivity contribution is -0.115. The number of rotatable bonds is 5. The van der Waals surface area contributed by atoms with Crippen LogP contribution in [0.25, 0.3) is 0 Å². The van der Waals surface area contributed by atoms with Crippen molar-refractivity contribution in [1.29, 1.82) is 0 Å². The zero-order chi connectivity index (χ0) is 16.2. The molecule has 2 rings (SSSR count). The Hall–Kier alpha value is -2.07. The summed E-state index contributed by atoms with van der Waals surface area (Å²) in [6, 6.07) is 15.8. The van der Waals surface area contributed by atoms with Crippen LogP contribution in [-0.2, 0) is 11.2 Å². The van der Waals surface area contributed by atoms with Gasteiger partial charge in [0.1, 0.15) is 5.75 Å². The van der Waals surface area contributed by atoms with Crippen LogP contribution in [0.2, 0.25) is 19.6 Å². The van der Waals surface area contributed by atoms with E-state index in [0.717, 1.165) is 17.0 Å². The lowest BCUT2D eigenvalue weighted by Crippen LogP contribution is -2.37. The molecule has 0 unspecified atom stereocenters. The number of carbonyl (C=O) groups is 1. The summed E-state index contributed by atoms with van der Waals surface area (Å²) in [4.78, 5) is 12.2. The highest BCUT2D eigenvalue weighted by molar-refractivity contribution is 6.88. The highest BCUT2D eigenvalue weighted by atomic mass is 28.3. The highest BCUT2D eigenvalue weighted by Crippen LogP contribution is 2.18. The monoisotopic (exact) mass is 313 g/mol. The molecule has 0 fully saturated rings. The topological polar surface area (TPSA) is 38.3 Å². The maximum Gasteiger partial charge on any atom is 0.228 e. The predicted octanol–water partition coefficient (Wildman–Crippen LogP) is 3.42. The Morgan fingerprint density at radius 2 is 1.68 bits per heavy atom. The number of nitrogens with one attached hydrogen (secondary N) is 1. The normalized spacial score (nSPS) is 11.1. The number of anilines is 1. The van der Waals surface area contributed by atoms with Gasteiger partial charge in [-0.1, -0.05) is 55.2 Å². The lowest BCUT2D eigenvalue weighted by atomic mass is 10.1. The molecule has 0 heterocycles. The largest absolute Gasteiger partial charge is 0.496 e. The summed E-state index contributed by atoms with van der Waals surface area (Å²) < 4.78 is 5.27. The second-order valence-electron chi connectivity index (χ2n) is 6.36. The SMILES string of the molecule is COc1ccccc1CC(=O)Nc1ccc([Si](C)(C)C)cc1. The molecule has 0 saturated heterocycles. The molecular formula is C18H23NO2Si. The third-order valence-corrected chi connectivity index (χ3v) is 5.64. The van der Waals surface area contributed by atoms with Gasteiger partial charge in [-0.25, -0.2) is 0 Å². The molecule has 0 aromatic heterocycles. The molecule has 3 nitrogen and oxygen atoms in total. The van der Waals surface area contributed by atoms with Crippen molar-refractivity contribution in [2.24, 2.45) is 0 Å². The van der Waals surface area contributed by atoms with Crippen molar-refractivity contribution in [3.8, 4) is 5.75 Å². The molecule has 0 aliphatic carbocycles. The molecule has 1 amide bonds. The van der Waals surface area contributed by atoms with E-state index in [-0.39, 0.29) is 5.91 Å². The summed E-state index contributed by atoms with van der Waals surface area (Å²) in [5.74, 6) is 0.706. The van der Waals surface area contributed by atoms with Crippen molar-refractivity contribution < 1.29 is 9.53 Å². The minimum Gasteiger partial charge on any atom is -0.496 e. The van der Waals surface area contributed by atoms with Crippen molar-refractivity contribution in [1.82, 2.24) is 0 Å². The van der Waals surface area contributed by atoms with Gasteiger partial charge in [-0.15, -0.1) is 0 Å². The molecule has 0 saturated carbocycles. The molecule has 2 aromatic carbocycles. The number of hydrogen-bond donors (Lipinski definition) is 1. The van der Waals surface area contributed by atoms with Gasteiger partial charge in [0.15, 0.2) is 0 Å². The molecule has 0 radical (unpaired) electrons. The number of hydrogen-bond acceptors (Lipinski definition) is 2. The summed E-state index contributed by atoms with van der Waals surface area (Å²) in [5.41, 5.74) is 1.73. The van der Waals surface area contributed by atoms with E-state index < -0.39 is 8.07 Å². The fourth-order valence-electron chi connectivity index (χ4n) is 2.28. The third-order valence-electron chi connectivity index (χ3n) is 3.58. The van der Waals surface area contributed by atoms with Crippen molar-refractivity contribution in [3.05, 3.63) is 54.1 Å². The molecular weight excluding hydrogens is 290 g/mol. The van der Waals surface area contributed by atoms with E-state index in [4.69, 9.17) is 4.74 Å². The summed E-state index contributed by atoms with van der Waals surface area (Å²) in [6.45, 7) is 6.92. The van der Waals surface area contributed by atoms with Crippen LogP contribution in [0.15, 0.2) is 48.5 Å². The second kappa shape index (κ2) is 6.79. The van der Waals surface area contributed by atoms with Crippen LogP contribution in [0.4, 0.5) is 5.69 Å². The Kier molecular flexibility index (Phi) is 5.03. The Balaban J connectivity index is 2.03. The van der Waals surface area contributed by atoms with E-state index in [1.54, 1.807) is 7.11 Å². The van der Waals surface area contributed by atoms with Gasteiger partial charge in [-0.05, 0) is 18.2 Å². The molecule has 0 bridgehead atoms. The number of carbonyl (C=O) groups excluding carboxylic acids is 1. The minimum atomic E-state index is -1.30. The van der Waals surface area contributed by atoms with Crippen LogP contribution < -0.4 is 15.2 Å². The van der Waals surface area contributed by atoms with Crippen molar-refractivity contribution in [2.75, 3.05) is 12.4 Å². The van der Waals surface area contributed by atoms with Gasteiger partial charge in [-0.3, -0.25) is 4.79 Å². The van der Waals surface area contributed by atoms with Crippen LogP contribution in [0, 0.1) is 0 Å². The maximum atomic E-state index is 12.2. The van der Waals surface area contributed by atoms with Crippen molar-refractivity contribution in [2.45, 2.75) is 26.1 Å². The first-order valence-corrected chi connectivity index (χ1v) is 10.9. The first-order chi connectivity index (χ1) is 10.4. The van der Waals surface area contributed by atoms with Gasteiger partial charge < -0.3 is 10.1 Å². The minimum absolute atomic E-state index is 0.0368. The molecule has 0 atom stereocenters. The molecule has 116 valence electrons. The number of ether oxygens (including phenoxy) is 1. The number of amides is 1. The van der Waals surface area contributed by atoms with Crippen molar-refractivity contribution in [3.63, 3.8) is 0 Å². The molecule has 0 spiro atoms. The molecule has 4 heteroatoms. The first kappa shape index (κ1) is 16.3. The van der Waals surface area contributed by atoms with E-state index in [1.807, 2.05) is 36.4 Å². The predicted molar refractivity (Wildman–Crippen MR) is 94.7 cm³/mol. The van der Waals surface area contributed by atoms with Gasteiger partial charge in [0.2, 0.25) is 5.91 Å². The molecule has 0 aliphatic rings. The third kappa shape index (κ3) is 4.21. The number of methoxy groups -OCH3 is 1. The van der Waals surface area contributed by atoms with E-state index in [1.165, 1.54) is 5.19 Å². The average molecular weight is 313 g/mol. The molecule has 0 aliphatic heterocycles. The Morgan fingerprint density at radius 3 is 2.27 bits per heavy atom. The Morgan fingerprint density at radius 1 is 1.05 bits per heavy atom. The van der Waals surface area contributed by atoms with E-state index >= 15 is 0 Å². The fourth-order valence-corrected chi connectivity index (χ4v) is 3.45. The standard InChI is InChI=1S/C18H23NO2Si/c1-21-17-8-6-5-7-14(17)13-18(20)19-15-9-11-16(12-10-15)22(2,3)4/h5-12H,13H2,1-4H3,(H,19,20). The second-order valence-corrected chi connectivity index (χ2v) is 11.4. The summed E-state index contributed by atoms with van der Waals surface area (Å²) in [5, 5.41) is 4.33. The lowest BCUT2D eigenvalue weighted by Gasteiger charge is -2.17. The molecule has 22 heavy (non-hydrogen) atoms.